The van der Waals surface area contributed by atoms with Gasteiger partial charge in [0.05, 0.1) is 25.3 Å². The van der Waals surface area contributed by atoms with Crippen LogP contribution >= 0.6 is 0 Å². The zero-order valence-electron chi connectivity index (χ0n) is 7.94. The maximum Gasteiger partial charge on any atom is 0.338 e. The van der Waals surface area contributed by atoms with Crippen LogP contribution in [-0.4, -0.2) is 26.5 Å². The predicted molar refractivity (Wildman–Crippen MR) is 49.7 cm³/mol. The van der Waals surface area contributed by atoms with Gasteiger partial charge in [0.25, 0.3) is 0 Å². The van der Waals surface area contributed by atoms with Gasteiger partial charge >= 0.3 is 5.97 Å². The van der Waals surface area contributed by atoms with Gasteiger partial charge in [0, 0.05) is 0 Å². The summed E-state index contributed by atoms with van der Waals surface area (Å²) in [7, 11) is 2.69. The quantitative estimate of drug-likeness (QED) is 0.537. The molecule has 0 aromatic heterocycles. The summed E-state index contributed by atoms with van der Waals surface area (Å²) in [5.41, 5.74) is 0.420. The van der Waals surface area contributed by atoms with Crippen LogP contribution in [0.4, 0.5) is 0 Å². The largest absolute Gasteiger partial charge is 0.496 e. The molecule has 1 aromatic rings. The van der Waals surface area contributed by atoms with Crippen LogP contribution in [0.2, 0.25) is 0 Å². The summed E-state index contributed by atoms with van der Waals surface area (Å²) in [6.45, 7) is 0. The molecule has 0 spiro atoms. The van der Waals surface area contributed by atoms with Crippen molar-refractivity contribution in [2.24, 2.45) is 0 Å². The third kappa shape index (κ3) is 1.74. The molecule has 0 atom stereocenters. The van der Waals surface area contributed by atoms with Gasteiger partial charge in [-0.15, -0.1) is 0 Å². The average Bonchev–Trinajstić information content (AvgIpc) is 2.26. The highest BCUT2D eigenvalue weighted by Gasteiger charge is 2.14. The molecule has 0 saturated carbocycles. The van der Waals surface area contributed by atoms with E-state index in [4.69, 9.17) is 4.74 Å². The Morgan fingerprint density at radius 1 is 1.36 bits per heavy atom. The van der Waals surface area contributed by atoms with Crippen LogP contribution in [0.25, 0.3) is 0 Å². The third-order valence-electron chi connectivity index (χ3n) is 1.81. The van der Waals surface area contributed by atoms with Gasteiger partial charge in [-0.25, -0.2) is 4.79 Å². The summed E-state index contributed by atoms with van der Waals surface area (Å²) in [5, 5.41) is 0. The first kappa shape index (κ1) is 10.2. The van der Waals surface area contributed by atoms with E-state index in [1.54, 1.807) is 12.1 Å². The highest BCUT2D eigenvalue weighted by Crippen LogP contribution is 2.20. The minimum Gasteiger partial charge on any atom is -0.496 e. The summed E-state index contributed by atoms with van der Waals surface area (Å²) >= 11 is 0. The maximum atomic E-state index is 11.2. The Labute approximate surface area is 81.4 Å². The van der Waals surface area contributed by atoms with Crippen molar-refractivity contribution in [3.8, 4) is 5.75 Å². The number of rotatable bonds is 3. The topological polar surface area (TPSA) is 52.6 Å². The van der Waals surface area contributed by atoms with Gasteiger partial charge in [0.2, 0.25) is 0 Å². The monoisotopic (exact) mass is 194 g/mol. The Morgan fingerprint density at radius 3 is 2.57 bits per heavy atom. The van der Waals surface area contributed by atoms with E-state index in [0.29, 0.717) is 12.0 Å². The molecule has 0 heterocycles. The normalized spacial score (nSPS) is 9.29. The summed E-state index contributed by atoms with van der Waals surface area (Å²) in [5.74, 6) is -0.186. The number of hydrogen-bond donors (Lipinski definition) is 0. The van der Waals surface area contributed by atoms with Crippen molar-refractivity contribution >= 4 is 12.3 Å². The molecule has 0 bridgehead atoms. The van der Waals surface area contributed by atoms with Crippen LogP contribution in [0.1, 0.15) is 20.7 Å². The number of carbonyl (C=O) groups excluding carboxylic acids is 2. The summed E-state index contributed by atoms with van der Waals surface area (Å²) in [6.07, 6.45) is 0.574. The Hall–Kier alpha value is -1.84. The number of ether oxygens (including phenoxy) is 2. The second kappa shape index (κ2) is 4.41. The van der Waals surface area contributed by atoms with E-state index in [-0.39, 0.29) is 11.1 Å². The lowest BCUT2D eigenvalue weighted by Gasteiger charge is -2.06. The maximum absolute atomic E-state index is 11.2. The molecule has 0 N–H and O–H groups in total. The second-order valence-electron chi connectivity index (χ2n) is 2.53. The molecule has 4 nitrogen and oxygen atoms in total. The minimum absolute atomic E-state index is 0.210. The molecular weight excluding hydrogens is 184 g/mol. The fourth-order valence-electron chi connectivity index (χ4n) is 1.13. The molecule has 0 amide bonds. The van der Waals surface area contributed by atoms with Gasteiger partial charge in [-0.3, -0.25) is 4.79 Å². The zero-order valence-corrected chi connectivity index (χ0v) is 7.94. The zero-order chi connectivity index (χ0) is 10.6. The van der Waals surface area contributed by atoms with E-state index in [9.17, 15) is 9.59 Å². The Morgan fingerprint density at radius 2 is 2.07 bits per heavy atom. The standard InChI is InChI=1S/C10H10O4/c1-13-9-5-3-4-7(8(9)6-11)10(12)14-2/h3-6H,1-2H3. The van der Waals surface area contributed by atoms with Crippen molar-refractivity contribution in [3.63, 3.8) is 0 Å². The molecular formula is C10H10O4. The fraction of sp³-hybridized carbons (Fsp3) is 0.200. The van der Waals surface area contributed by atoms with E-state index in [1.807, 2.05) is 0 Å². The van der Waals surface area contributed by atoms with Crippen LogP contribution in [0.15, 0.2) is 18.2 Å². The van der Waals surface area contributed by atoms with Crippen molar-refractivity contribution < 1.29 is 19.1 Å². The number of methoxy groups -OCH3 is 2. The van der Waals surface area contributed by atoms with E-state index >= 15 is 0 Å². The van der Waals surface area contributed by atoms with Crippen LogP contribution in [0.5, 0.6) is 5.75 Å². The first-order chi connectivity index (χ1) is 6.74. The van der Waals surface area contributed by atoms with Gasteiger partial charge < -0.3 is 9.47 Å². The highest BCUT2D eigenvalue weighted by molar-refractivity contribution is 5.99. The van der Waals surface area contributed by atoms with E-state index in [2.05, 4.69) is 4.74 Å². The molecule has 0 aliphatic heterocycles. The third-order valence-corrected chi connectivity index (χ3v) is 1.81. The highest BCUT2D eigenvalue weighted by atomic mass is 16.5. The molecule has 0 fully saturated rings. The lowest BCUT2D eigenvalue weighted by Crippen LogP contribution is -2.06. The molecule has 14 heavy (non-hydrogen) atoms. The van der Waals surface area contributed by atoms with Crippen molar-refractivity contribution in [2.45, 2.75) is 0 Å². The minimum atomic E-state index is -0.550. The number of hydrogen-bond acceptors (Lipinski definition) is 4. The van der Waals surface area contributed by atoms with Gasteiger partial charge in [-0.2, -0.15) is 0 Å². The number of aldehydes is 1. The molecule has 0 saturated heterocycles. The predicted octanol–water partition coefficient (Wildman–Crippen LogP) is 1.29. The Balaban J connectivity index is 3.28. The Bertz CT molecular complexity index is 357. The molecule has 0 radical (unpaired) electrons. The SMILES string of the molecule is COC(=O)c1cccc(OC)c1C=O. The smallest absolute Gasteiger partial charge is 0.338 e. The van der Waals surface area contributed by atoms with Crippen LogP contribution in [0.3, 0.4) is 0 Å². The number of carbonyl (C=O) groups is 2. The van der Waals surface area contributed by atoms with E-state index in [1.165, 1.54) is 20.3 Å². The molecule has 0 aliphatic carbocycles. The van der Waals surface area contributed by atoms with E-state index in [0.717, 1.165) is 0 Å². The average molecular weight is 194 g/mol. The summed E-state index contributed by atoms with van der Waals surface area (Å²) in [6, 6.07) is 4.74. The van der Waals surface area contributed by atoms with Crippen LogP contribution in [-0.2, 0) is 4.74 Å². The molecule has 0 aliphatic rings. The molecule has 4 heteroatoms. The Kier molecular flexibility index (Phi) is 3.23. The van der Waals surface area contributed by atoms with Crippen LogP contribution in [0, 0.1) is 0 Å². The first-order valence-corrected chi connectivity index (χ1v) is 3.95. The van der Waals surface area contributed by atoms with Crippen molar-refractivity contribution in [1.29, 1.82) is 0 Å². The van der Waals surface area contributed by atoms with Crippen LogP contribution < -0.4 is 4.74 Å². The van der Waals surface area contributed by atoms with Gasteiger partial charge in [0.1, 0.15) is 5.75 Å². The second-order valence-corrected chi connectivity index (χ2v) is 2.53. The van der Waals surface area contributed by atoms with Gasteiger partial charge in [-0.1, -0.05) is 6.07 Å². The first-order valence-electron chi connectivity index (χ1n) is 3.95. The fourth-order valence-corrected chi connectivity index (χ4v) is 1.13. The van der Waals surface area contributed by atoms with Gasteiger partial charge in [0.15, 0.2) is 6.29 Å². The number of benzene rings is 1. The molecule has 0 unspecified atom stereocenters. The van der Waals surface area contributed by atoms with E-state index < -0.39 is 5.97 Å². The van der Waals surface area contributed by atoms with Gasteiger partial charge in [-0.05, 0) is 12.1 Å². The molecule has 74 valence electrons. The van der Waals surface area contributed by atoms with Crippen molar-refractivity contribution in [3.05, 3.63) is 29.3 Å². The lowest BCUT2D eigenvalue weighted by molar-refractivity contribution is 0.0598. The summed E-state index contributed by atoms with van der Waals surface area (Å²) < 4.78 is 9.46. The summed E-state index contributed by atoms with van der Waals surface area (Å²) in [4.78, 5) is 22.0. The molecule has 1 rings (SSSR count). The number of esters is 1. The van der Waals surface area contributed by atoms with Crippen molar-refractivity contribution in [2.75, 3.05) is 14.2 Å². The lowest BCUT2D eigenvalue weighted by atomic mass is 10.1. The van der Waals surface area contributed by atoms with Crippen molar-refractivity contribution in [1.82, 2.24) is 0 Å². The molecule has 1 aromatic carbocycles.